The van der Waals surface area contributed by atoms with Crippen molar-refractivity contribution in [3.05, 3.63) is 35.9 Å². The lowest BCUT2D eigenvalue weighted by Crippen LogP contribution is -2.47. The molecule has 2 atom stereocenters. The van der Waals surface area contributed by atoms with Gasteiger partial charge in [0.1, 0.15) is 0 Å². The highest BCUT2D eigenvalue weighted by atomic mass is 35.5. The molecule has 1 fully saturated rings. The van der Waals surface area contributed by atoms with Gasteiger partial charge < -0.3 is 16.0 Å². The number of rotatable bonds is 4. The van der Waals surface area contributed by atoms with E-state index in [9.17, 15) is 9.59 Å². The van der Waals surface area contributed by atoms with E-state index in [-0.39, 0.29) is 36.2 Å². The van der Waals surface area contributed by atoms with Crippen molar-refractivity contribution in [2.45, 2.75) is 18.9 Å². The van der Waals surface area contributed by atoms with Crippen LogP contribution in [0.3, 0.4) is 0 Å². The summed E-state index contributed by atoms with van der Waals surface area (Å²) in [6.45, 7) is 0.887. The standard InChI is InChI=1S/C15H21N3O2.ClH/c1-18-13(19)8-7-12(15(20)17-10-9-16)14(18)11-5-3-2-4-6-11;/h2-6,12,14H,7-10,16H2,1H3,(H,17,20);1H. The summed E-state index contributed by atoms with van der Waals surface area (Å²) in [6, 6.07) is 9.51. The van der Waals surface area contributed by atoms with Gasteiger partial charge in [0, 0.05) is 26.6 Å². The summed E-state index contributed by atoms with van der Waals surface area (Å²) >= 11 is 0. The summed E-state index contributed by atoms with van der Waals surface area (Å²) < 4.78 is 0. The number of piperidine rings is 1. The Balaban J connectivity index is 0.00000220. The van der Waals surface area contributed by atoms with E-state index in [1.807, 2.05) is 30.3 Å². The van der Waals surface area contributed by atoms with Crippen molar-refractivity contribution in [1.29, 1.82) is 0 Å². The van der Waals surface area contributed by atoms with Crippen LogP contribution in [0.1, 0.15) is 24.4 Å². The second kappa shape index (κ2) is 8.00. The van der Waals surface area contributed by atoms with Crippen LogP contribution in [0.4, 0.5) is 0 Å². The summed E-state index contributed by atoms with van der Waals surface area (Å²) in [5, 5.41) is 2.84. The maximum Gasteiger partial charge on any atom is 0.225 e. The fourth-order valence-electron chi connectivity index (χ4n) is 2.75. The van der Waals surface area contributed by atoms with Crippen molar-refractivity contribution >= 4 is 24.2 Å². The first kappa shape index (κ1) is 17.5. The van der Waals surface area contributed by atoms with E-state index >= 15 is 0 Å². The van der Waals surface area contributed by atoms with Crippen LogP contribution in [0.5, 0.6) is 0 Å². The quantitative estimate of drug-likeness (QED) is 0.874. The molecule has 2 amide bonds. The van der Waals surface area contributed by atoms with Crippen molar-refractivity contribution < 1.29 is 9.59 Å². The topological polar surface area (TPSA) is 75.4 Å². The molecule has 2 rings (SSSR count). The van der Waals surface area contributed by atoms with Crippen molar-refractivity contribution in [2.24, 2.45) is 11.7 Å². The average Bonchev–Trinajstić information content (AvgIpc) is 2.48. The molecule has 3 N–H and O–H groups in total. The minimum absolute atomic E-state index is 0. The highest BCUT2D eigenvalue weighted by molar-refractivity contribution is 5.85. The lowest BCUT2D eigenvalue weighted by Gasteiger charge is -2.38. The smallest absolute Gasteiger partial charge is 0.225 e. The highest BCUT2D eigenvalue weighted by Crippen LogP contribution is 2.35. The molecule has 6 heteroatoms. The molecule has 5 nitrogen and oxygen atoms in total. The Kier molecular flexibility index (Phi) is 6.65. The van der Waals surface area contributed by atoms with Crippen LogP contribution >= 0.6 is 12.4 Å². The van der Waals surface area contributed by atoms with Gasteiger partial charge in [-0.05, 0) is 12.0 Å². The molecule has 0 aliphatic carbocycles. The lowest BCUT2D eigenvalue weighted by molar-refractivity contribution is -0.141. The molecule has 1 saturated heterocycles. The molecule has 2 unspecified atom stereocenters. The first-order chi connectivity index (χ1) is 9.65. The molecule has 1 heterocycles. The second-order valence-electron chi connectivity index (χ2n) is 5.09. The maximum absolute atomic E-state index is 12.3. The van der Waals surface area contributed by atoms with Crippen LogP contribution in [-0.2, 0) is 9.59 Å². The van der Waals surface area contributed by atoms with Gasteiger partial charge in [-0.1, -0.05) is 30.3 Å². The average molecular weight is 312 g/mol. The Labute approximate surface area is 131 Å². The van der Waals surface area contributed by atoms with Gasteiger partial charge in [0.2, 0.25) is 11.8 Å². The zero-order valence-corrected chi connectivity index (χ0v) is 12.9. The number of nitrogens with two attached hydrogens (primary N) is 1. The molecule has 1 aliphatic rings. The van der Waals surface area contributed by atoms with Crippen molar-refractivity contribution in [1.82, 2.24) is 10.2 Å². The van der Waals surface area contributed by atoms with E-state index in [2.05, 4.69) is 5.32 Å². The Morgan fingerprint density at radius 2 is 2.05 bits per heavy atom. The molecule has 0 bridgehead atoms. The van der Waals surface area contributed by atoms with Gasteiger partial charge in [0.05, 0.1) is 12.0 Å². The third kappa shape index (κ3) is 3.95. The predicted octanol–water partition coefficient (Wildman–Crippen LogP) is 1.09. The molecule has 0 radical (unpaired) electrons. The monoisotopic (exact) mass is 311 g/mol. The molecule has 21 heavy (non-hydrogen) atoms. The fourth-order valence-corrected chi connectivity index (χ4v) is 2.75. The third-order valence-corrected chi connectivity index (χ3v) is 3.78. The van der Waals surface area contributed by atoms with E-state index < -0.39 is 0 Å². The molecule has 1 aromatic rings. The number of carbonyl (C=O) groups is 2. The van der Waals surface area contributed by atoms with Crippen LogP contribution < -0.4 is 11.1 Å². The van der Waals surface area contributed by atoms with E-state index in [0.717, 1.165) is 5.56 Å². The first-order valence-electron chi connectivity index (χ1n) is 6.93. The summed E-state index contributed by atoms with van der Waals surface area (Å²) in [5.74, 6) is -0.156. The van der Waals surface area contributed by atoms with Gasteiger partial charge >= 0.3 is 0 Å². The molecular weight excluding hydrogens is 290 g/mol. The van der Waals surface area contributed by atoms with E-state index in [4.69, 9.17) is 5.73 Å². The van der Waals surface area contributed by atoms with E-state index in [1.54, 1.807) is 11.9 Å². The normalized spacial score (nSPS) is 21.6. The minimum Gasteiger partial charge on any atom is -0.355 e. The Bertz CT molecular complexity index is 481. The fraction of sp³-hybridized carbons (Fsp3) is 0.467. The van der Waals surface area contributed by atoms with Crippen molar-refractivity contribution in [2.75, 3.05) is 20.1 Å². The summed E-state index contributed by atoms with van der Waals surface area (Å²) in [5.41, 5.74) is 6.42. The number of likely N-dealkylation sites (tertiary alicyclic amines) is 1. The van der Waals surface area contributed by atoms with Gasteiger partial charge in [-0.2, -0.15) is 0 Å². The van der Waals surface area contributed by atoms with E-state index in [1.165, 1.54) is 0 Å². The van der Waals surface area contributed by atoms with Crippen molar-refractivity contribution in [3.63, 3.8) is 0 Å². The summed E-state index contributed by atoms with van der Waals surface area (Å²) in [7, 11) is 1.77. The number of hydrogen-bond donors (Lipinski definition) is 2. The number of benzene rings is 1. The van der Waals surface area contributed by atoms with Crippen molar-refractivity contribution in [3.8, 4) is 0 Å². The molecule has 1 aliphatic heterocycles. The van der Waals surface area contributed by atoms with E-state index in [0.29, 0.717) is 25.9 Å². The Morgan fingerprint density at radius 3 is 2.67 bits per heavy atom. The van der Waals surface area contributed by atoms with Crippen LogP contribution in [-0.4, -0.2) is 36.9 Å². The zero-order chi connectivity index (χ0) is 14.5. The molecule has 0 aromatic heterocycles. The number of nitrogens with zero attached hydrogens (tertiary/aromatic N) is 1. The van der Waals surface area contributed by atoms with Crippen LogP contribution in [0, 0.1) is 5.92 Å². The van der Waals surface area contributed by atoms with Crippen LogP contribution in [0.2, 0.25) is 0 Å². The SMILES string of the molecule is CN1C(=O)CCC(C(=O)NCCN)C1c1ccccc1.Cl. The lowest BCUT2D eigenvalue weighted by atomic mass is 9.84. The number of carbonyl (C=O) groups excluding carboxylic acids is 2. The Hall–Kier alpha value is -1.59. The number of halogens is 1. The van der Waals surface area contributed by atoms with Gasteiger partial charge in [0.15, 0.2) is 0 Å². The molecule has 1 aromatic carbocycles. The summed E-state index contributed by atoms with van der Waals surface area (Å²) in [6.07, 6.45) is 1.000. The summed E-state index contributed by atoms with van der Waals surface area (Å²) in [4.78, 5) is 25.9. The molecule has 116 valence electrons. The molecular formula is C15H22ClN3O2. The van der Waals surface area contributed by atoms with Gasteiger partial charge in [-0.25, -0.2) is 0 Å². The molecule has 0 saturated carbocycles. The number of hydrogen-bond acceptors (Lipinski definition) is 3. The second-order valence-corrected chi connectivity index (χ2v) is 5.09. The van der Waals surface area contributed by atoms with Gasteiger partial charge in [-0.3, -0.25) is 9.59 Å². The highest BCUT2D eigenvalue weighted by Gasteiger charge is 2.38. The number of nitrogens with one attached hydrogen (secondary N) is 1. The number of amides is 2. The minimum atomic E-state index is -0.216. The maximum atomic E-state index is 12.3. The Morgan fingerprint density at radius 1 is 1.38 bits per heavy atom. The largest absolute Gasteiger partial charge is 0.355 e. The van der Waals surface area contributed by atoms with Crippen LogP contribution in [0.15, 0.2) is 30.3 Å². The molecule has 0 spiro atoms. The predicted molar refractivity (Wildman–Crippen MR) is 84.0 cm³/mol. The third-order valence-electron chi connectivity index (χ3n) is 3.78. The zero-order valence-electron chi connectivity index (χ0n) is 12.1. The van der Waals surface area contributed by atoms with Gasteiger partial charge in [-0.15, -0.1) is 12.4 Å². The van der Waals surface area contributed by atoms with Crippen LogP contribution in [0.25, 0.3) is 0 Å². The first-order valence-corrected chi connectivity index (χ1v) is 6.93. The van der Waals surface area contributed by atoms with Gasteiger partial charge in [0.25, 0.3) is 0 Å².